The number of methoxy groups -OCH3 is 1. The first-order valence-electron chi connectivity index (χ1n) is 8.18. The van der Waals surface area contributed by atoms with Crippen molar-refractivity contribution in [1.29, 1.82) is 0 Å². The van der Waals surface area contributed by atoms with Crippen molar-refractivity contribution in [2.24, 2.45) is 11.8 Å². The van der Waals surface area contributed by atoms with Crippen LogP contribution in [0.25, 0.3) is 0 Å². The van der Waals surface area contributed by atoms with Crippen molar-refractivity contribution in [3.05, 3.63) is 0 Å². The number of esters is 1. The Morgan fingerprint density at radius 2 is 2.00 bits per heavy atom. The molecule has 7 heteroatoms. The molecule has 0 aliphatic carbocycles. The van der Waals surface area contributed by atoms with Gasteiger partial charge in [0, 0.05) is 19.6 Å². The summed E-state index contributed by atoms with van der Waals surface area (Å²) in [5, 5.41) is 2.50. The van der Waals surface area contributed by atoms with E-state index in [0.29, 0.717) is 12.5 Å². The fraction of sp³-hybridized carbons (Fsp3) is 0.875. The van der Waals surface area contributed by atoms with Crippen molar-refractivity contribution in [1.82, 2.24) is 10.2 Å². The number of rotatable bonds is 7. The van der Waals surface area contributed by atoms with E-state index < -0.39 is 18.1 Å². The van der Waals surface area contributed by atoms with Crippen LogP contribution in [0.2, 0.25) is 0 Å². The van der Waals surface area contributed by atoms with Gasteiger partial charge in [-0.15, -0.1) is 0 Å². The number of alkyl carbamates (subject to hydrolysis) is 1. The predicted molar refractivity (Wildman–Crippen MR) is 86.1 cm³/mol. The van der Waals surface area contributed by atoms with Crippen LogP contribution in [-0.2, 0) is 19.0 Å². The molecule has 1 fully saturated rings. The number of carbonyl (C=O) groups is 2. The maximum absolute atomic E-state index is 12.2. The lowest BCUT2D eigenvalue weighted by Crippen LogP contribution is -2.48. The Hall–Kier alpha value is -1.34. The van der Waals surface area contributed by atoms with Crippen LogP contribution in [0.5, 0.6) is 0 Å². The average molecular weight is 330 g/mol. The average Bonchev–Trinajstić information content (AvgIpc) is 2.49. The van der Waals surface area contributed by atoms with E-state index in [1.807, 2.05) is 13.8 Å². The van der Waals surface area contributed by atoms with Crippen molar-refractivity contribution in [2.45, 2.75) is 39.8 Å². The lowest BCUT2D eigenvalue weighted by molar-refractivity contribution is -0.154. The highest BCUT2D eigenvalue weighted by Gasteiger charge is 2.28. The van der Waals surface area contributed by atoms with Crippen LogP contribution in [0.1, 0.15) is 27.7 Å². The molecule has 2 atom stereocenters. The smallest absolute Gasteiger partial charge is 0.407 e. The molecule has 1 N–H and O–H groups in total. The normalized spacial score (nSPS) is 20.4. The second-order valence-corrected chi connectivity index (χ2v) is 6.63. The summed E-state index contributed by atoms with van der Waals surface area (Å²) in [4.78, 5) is 25.8. The van der Waals surface area contributed by atoms with Gasteiger partial charge in [0.1, 0.15) is 18.8 Å². The molecule has 1 rings (SSSR count). The summed E-state index contributed by atoms with van der Waals surface area (Å²) in [6.07, 6.45) is -0.768. The number of morpholine rings is 1. The van der Waals surface area contributed by atoms with Gasteiger partial charge in [-0.25, -0.2) is 9.59 Å². The number of carbonyl (C=O) groups excluding carboxylic acids is 2. The molecule has 0 aromatic heterocycles. The van der Waals surface area contributed by atoms with E-state index in [2.05, 4.69) is 28.8 Å². The molecular weight excluding hydrogens is 300 g/mol. The van der Waals surface area contributed by atoms with E-state index in [4.69, 9.17) is 9.47 Å². The van der Waals surface area contributed by atoms with Crippen LogP contribution in [0.15, 0.2) is 0 Å². The highest BCUT2D eigenvalue weighted by molar-refractivity contribution is 5.81. The Morgan fingerprint density at radius 1 is 1.30 bits per heavy atom. The van der Waals surface area contributed by atoms with Gasteiger partial charge in [-0.05, 0) is 11.8 Å². The fourth-order valence-corrected chi connectivity index (χ4v) is 2.51. The highest BCUT2D eigenvalue weighted by atomic mass is 16.6. The molecule has 1 aliphatic rings. The summed E-state index contributed by atoms with van der Waals surface area (Å²) in [6, 6.07) is -0.724. The Balaban J connectivity index is 2.45. The van der Waals surface area contributed by atoms with Gasteiger partial charge in [-0.2, -0.15) is 0 Å². The number of nitrogens with one attached hydrogen (secondary N) is 1. The van der Waals surface area contributed by atoms with Crippen molar-refractivity contribution in [3.63, 3.8) is 0 Å². The molecule has 0 aromatic carbocycles. The summed E-state index contributed by atoms with van der Waals surface area (Å²) in [5.74, 6) is 0.0344. The van der Waals surface area contributed by atoms with Crippen molar-refractivity contribution >= 4 is 12.1 Å². The molecule has 0 saturated carbocycles. The summed E-state index contributed by atoms with van der Waals surface area (Å²) in [5.41, 5.74) is 0. The molecular formula is C16H30N2O5. The Kier molecular flexibility index (Phi) is 8.33. The van der Waals surface area contributed by atoms with Crippen LogP contribution < -0.4 is 5.32 Å². The van der Waals surface area contributed by atoms with Crippen molar-refractivity contribution < 1.29 is 23.8 Å². The van der Waals surface area contributed by atoms with E-state index in [1.165, 1.54) is 7.11 Å². The standard InChI is InChI=1S/C16H30N2O5/c1-11(2)8-18-6-7-22-13(9-18)10-23-15(19)14(12(3)4)17-16(20)21-5/h11-14H,6-10H2,1-5H3,(H,17,20). The molecule has 134 valence electrons. The summed E-state index contributed by atoms with van der Waals surface area (Å²) < 4.78 is 15.5. The molecule has 1 heterocycles. The van der Waals surface area contributed by atoms with Gasteiger partial charge in [0.15, 0.2) is 0 Å². The zero-order chi connectivity index (χ0) is 17.4. The monoisotopic (exact) mass is 330 g/mol. The molecule has 0 radical (unpaired) electrons. The zero-order valence-electron chi connectivity index (χ0n) is 14.8. The van der Waals surface area contributed by atoms with Gasteiger partial charge in [-0.3, -0.25) is 4.90 Å². The van der Waals surface area contributed by atoms with Crippen LogP contribution in [-0.4, -0.2) is 69.1 Å². The number of amides is 1. The topological polar surface area (TPSA) is 77.1 Å². The van der Waals surface area contributed by atoms with E-state index in [-0.39, 0.29) is 18.6 Å². The van der Waals surface area contributed by atoms with Crippen LogP contribution in [0, 0.1) is 11.8 Å². The highest BCUT2D eigenvalue weighted by Crippen LogP contribution is 2.10. The molecule has 23 heavy (non-hydrogen) atoms. The molecule has 0 bridgehead atoms. The summed E-state index contributed by atoms with van der Waals surface area (Å²) >= 11 is 0. The number of nitrogens with zero attached hydrogens (tertiary/aromatic N) is 1. The third-order valence-corrected chi connectivity index (χ3v) is 3.64. The largest absolute Gasteiger partial charge is 0.461 e. The maximum atomic E-state index is 12.2. The molecule has 0 aromatic rings. The minimum Gasteiger partial charge on any atom is -0.461 e. The molecule has 0 spiro atoms. The molecule has 7 nitrogen and oxygen atoms in total. The first-order valence-corrected chi connectivity index (χ1v) is 8.18. The zero-order valence-corrected chi connectivity index (χ0v) is 14.8. The minimum absolute atomic E-state index is 0.0914. The van der Waals surface area contributed by atoms with E-state index in [0.717, 1.165) is 19.6 Å². The number of ether oxygens (including phenoxy) is 3. The van der Waals surface area contributed by atoms with Gasteiger partial charge in [-0.1, -0.05) is 27.7 Å². The quantitative estimate of drug-likeness (QED) is 0.708. The van der Waals surface area contributed by atoms with Crippen LogP contribution in [0.4, 0.5) is 4.79 Å². The van der Waals surface area contributed by atoms with Gasteiger partial charge < -0.3 is 19.5 Å². The maximum Gasteiger partial charge on any atom is 0.407 e. The van der Waals surface area contributed by atoms with E-state index in [9.17, 15) is 9.59 Å². The molecule has 1 amide bonds. The summed E-state index contributed by atoms with van der Waals surface area (Å²) in [6.45, 7) is 11.5. The fourth-order valence-electron chi connectivity index (χ4n) is 2.51. The van der Waals surface area contributed by atoms with Crippen LogP contribution in [0.3, 0.4) is 0 Å². The Morgan fingerprint density at radius 3 is 2.57 bits per heavy atom. The third-order valence-electron chi connectivity index (χ3n) is 3.64. The van der Waals surface area contributed by atoms with Gasteiger partial charge in [0.25, 0.3) is 0 Å². The SMILES string of the molecule is COC(=O)NC(C(=O)OCC1CN(CC(C)C)CCO1)C(C)C. The second kappa shape index (κ2) is 9.72. The number of hydrogen-bond acceptors (Lipinski definition) is 6. The lowest BCUT2D eigenvalue weighted by atomic mass is 10.1. The summed E-state index contributed by atoms with van der Waals surface area (Å²) in [7, 11) is 1.26. The van der Waals surface area contributed by atoms with Gasteiger partial charge in [0.05, 0.1) is 13.7 Å². The lowest BCUT2D eigenvalue weighted by Gasteiger charge is -2.33. The first-order chi connectivity index (χ1) is 10.8. The van der Waals surface area contributed by atoms with Crippen LogP contribution >= 0.6 is 0 Å². The second-order valence-electron chi connectivity index (χ2n) is 6.63. The predicted octanol–water partition coefficient (Wildman–Crippen LogP) is 1.27. The van der Waals surface area contributed by atoms with E-state index >= 15 is 0 Å². The molecule has 2 unspecified atom stereocenters. The number of hydrogen-bond donors (Lipinski definition) is 1. The Bertz CT molecular complexity index is 387. The third kappa shape index (κ3) is 7.18. The van der Waals surface area contributed by atoms with Crippen molar-refractivity contribution in [2.75, 3.05) is 40.0 Å². The van der Waals surface area contributed by atoms with Gasteiger partial charge in [0.2, 0.25) is 0 Å². The minimum atomic E-state index is -0.724. The Labute approximate surface area is 138 Å². The van der Waals surface area contributed by atoms with Gasteiger partial charge >= 0.3 is 12.1 Å². The first kappa shape index (κ1) is 19.7. The molecule has 1 saturated heterocycles. The van der Waals surface area contributed by atoms with E-state index in [1.54, 1.807) is 0 Å². The van der Waals surface area contributed by atoms with Crippen molar-refractivity contribution in [3.8, 4) is 0 Å². The molecule has 1 aliphatic heterocycles.